The number of phenols is 1. The number of fused-ring (bicyclic) bond motifs is 1. The number of amides is 1. The van der Waals surface area contributed by atoms with Crippen LogP contribution in [0.3, 0.4) is 0 Å². The van der Waals surface area contributed by atoms with Crippen molar-refractivity contribution in [2.45, 2.75) is 17.2 Å². The Morgan fingerprint density at radius 3 is 2.39 bits per heavy atom. The molecule has 9 heteroatoms. The van der Waals surface area contributed by atoms with Crippen molar-refractivity contribution < 1.29 is 23.1 Å². The topological polar surface area (TPSA) is 100 Å². The van der Waals surface area contributed by atoms with Crippen molar-refractivity contribution in [1.29, 1.82) is 0 Å². The third-order valence-electron chi connectivity index (χ3n) is 6.84. The maximum absolute atomic E-state index is 13.2. The lowest BCUT2D eigenvalue weighted by molar-refractivity contribution is 0.0627. The predicted octanol–water partition coefficient (Wildman–Crippen LogP) is 3.88. The van der Waals surface area contributed by atoms with Crippen molar-refractivity contribution in [3.63, 3.8) is 0 Å². The molecule has 8 nitrogen and oxygen atoms in total. The van der Waals surface area contributed by atoms with E-state index < -0.39 is 9.84 Å². The molecule has 1 aromatic heterocycles. The van der Waals surface area contributed by atoms with E-state index in [0.29, 0.717) is 55.1 Å². The van der Waals surface area contributed by atoms with Gasteiger partial charge in [-0.25, -0.2) is 8.42 Å². The molecule has 1 saturated heterocycles. The van der Waals surface area contributed by atoms with E-state index in [1.165, 1.54) is 7.11 Å². The van der Waals surface area contributed by atoms with Crippen molar-refractivity contribution in [1.82, 2.24) is 14.8 Å². The number of para-hydroxylation sites is 2. The van der Waals surface area contributed by atoms with Crippen LogP contribution in [-0.4, -0.2) is 67.5 Å². The molecule has 0 atom stereocenters. The maximum Gasteiger partial charge on any atom is 0.253 e. The first-order valence-corrected chi connectivity index (χ1v) is 14.0. The minimum absolute atomic E-state index is 0.0819. The van der Waals surface area contributed by atoms with Crippen molar-refractivity contribution in [3.05, 3.63) is 95.7 Å². The number of hydrogen-bond donors (Lipinski definition) is 1. The Morgan fingerprint density at radius 1 is 0.947 bits per heavy atom. The summed E-state index contributed by atoms with van der Waals surface area (Å²) in [5, 5.41) is 11.1. The van der Waals surface area contributed by atoms with Crippen LogP contribution in [-0.2, 0) is 22.1 Å². The quantitative estimate of drug-likeness (QED) is 0.386. The number of aromatic hydroxyl groups is 1. The fourth-order valence-corrected chi connectivity index (χ4v) is 6.30. The summed E-state index contributed by atoms with van der Waals surface area (Å²) in [6.07, 6.45) is 1.59. The van der Waals surface area contributed by atoms with Gasteiger partial charge in [0, 0.05) is 55.4 Å². The number of benzene rings is 3. The van der Waals surface area contributed by atoms with Crippen LogP contribution in [0.25, 0.3) is 10.9 Å². The van der Waals surface area contributed by atoms with Gasteiger partial charge >= 0.3 is 0 Å². The molecule has 0 spiro atoms. The number of piperazine rings is 1. The van der Waals surface area contributed by atoms with Crippen molar-refractivity contribution in [3.8, 4) is 11.5 Å². The van der Waals surface area contributed by atoms with Crippen molar-refractivity contribution in [2.75, 3.05) is 33.3 Å². The monoisotopic (exact) mass is 531 g/mol. The number of nitrogens with zero attached hydrogens (tertiary/aromatic N) is 3. The Morgan fingerprint density at radius 2 is 1.66 bits per heavy atom. The van der Waals surface area contributed by atoms with E-state index in [0.717, 1.165) is 10.9 Å². The second-order valence-corrected chi connectivity index (χ2v) is 11.3. The van der Waals surface area contributed by atoms with Gasteiger partial charge in [-0.2, -0.15) is 0 Å². The lowest BCUT2D eigenvalue weighted by Gasteiger charge is -2.35. The van der Waals surface area contributed by atoms with E-state index in [4.69, 9.17) is 4.74 Å². The van der Waals surface area contributed by atoms with Crippen LogP contribution in [0.15, 0.2) is 83.9 Å². The highest BCUT2D eigenvalue weighted by molar-refractivity contribution is 7.90. The minimum Gasteiger partial charge on any atom is -0.504 e. The summed E-state index contributed by atoms with van der Waals surface area (Å²) in [6, 6.07) is 21.0. The van der Waals surface area contributed by atoms with Gasteiger partial charge in [0.1, 0.15) is 0 Å². The molecular weight excluding hydrogens is 502 g/mol. The Bertz CT molecular complexity index is 1560. The minimum atomic E-state index is -3.62. The van der Waals surface area contributed by atoms with Crippen LogP contribution >= 0.6 is 0 Å². The van der Waals surface area contributed by atoms with Gasteiger partial charge in [-0.15, -0.1) is 0 Å². The molecule has 0 radical (unpaired) electrons. The second kappa shape index (κ2) is 10.8. The third-order valence-corrected chi connectivity index (χ3v) is 8.56. The summed E-state index contributed by atoms with van der Waals surface area (Å²) < 4.78 is 31.5. The van der Waals surface area contributed by atoms with E-state index in [-0.39, 0.29) is 22.3 Å². The van der Waals surface area contributed by atoms with Crippen LogP contribution in [0.2, 0.25) is 0 Å². The van der Waals surface area contributed by atoms with E-state index in [1.54, 1.807) is 59.6 Å². The van der Waals surface area contributed by atoms with Gasteiger partial charge in [-0.1, -0.05) is 42.5 Å². The fraction of sp³-hybridized carbons (Fsp3) is 0.241. The number of rotatable bonds is 7. The lowest BCUT2D eigenvalue weighted by atomic mass is 10.1. The summed E-state index contributed by atoms with van der Waals surface area (Å²) in [4.78, 5) is 21.6. The highest BCUT2D eigenvalue weighted by atomic mass is 32.2. The van der Waals surface area contributed by atoms with Crippen LogP contribution in [0, 0.1) is 0 Å². The first-order chi connectivity index (χ1) is 18.4. The van der Waals surface area contributed by atoms with E-state index in [1.807, 2.05) is 24.3 Å². The van der Waals surface area contributed by atoms with Crippen LogP contribution in [0.4, 0.5) is 0 Å². The smallest absolute Gasteiger partial charge is 0.253 e. The molecule has 196 valence electrons. The van der Waals surface area contributed by atoms with Gasteiger partial charge < -0.3 is 14.7 Å². The number of methoxy groups -OCH3 is 1. The zero-order valence-electron chi connectivity index (χ0n) is 21.1. The molecule has 0 unspecified atom stereocenters. The number of aromatic nitrogens is 1. The molecule has 2 heterocycles. The molecule has 4 aromatic rings. The zero-order chi connectivity index (χ0) is 26.7. The van der Waals surface area contributed by atoms with Crippen LogP contribution in [0.1, 0.15) is 21.5 Å². The molecule has 1 aliphatic rings. The summed E-state index contributed by atoms with van der Waals surface area (Å²) in [6.45, 7) is 3.05. The highest BCUT2D eigenvalue weighted by Crippen LogP contribution is 2.30. The number of ether oxygens (including phenoxy) is 1. The largest absolute Gasteiger partial charge is 0.504 e. The number of carbonyl (C=O) groups is 1. The zero-order valence-corrected chi connectivity index (χ0v) is 21.9. The van der Waals surface area contributed by atoms with Gasteiger partial charge in [0.15, 0.2) is 21.3 Å². The number of pyridine rings is 1. The number of carbonyl (C=O) groups excluding carboxylic acids is 1. The average Bonchev–Trinajstić information content (AvgIpc) is 2.94. The van der Waals surface area contributed by atoms with Gasteiger partial charge in [0.25, 0.3) is 5.91 Å². The standard InChI is InChI=1S/C29H29N3O5S/c1-37-25-8-2-6-24(28(25)33)19-31-15-17-32(18-16-31)29(34)23-12-10-21(11-13-23)20-38(35,36)26-9-3-5-22-7-4-14-30-27(22)26/h2-14,33H,15-20H2,1H3. The first kappa shape index (κ1) is 25.7. The molecule has 0 bridgehead atoms. The summed E-state index contributed by atoms with van der Waals surface area (Å²) in [7, 11) is -2.10. The predicted molar refractivity (Wildman–Crippen MR) is 145 cm³/mol. The van der Waals surface area contributed by atoms with E-state index in [2.05, 4.69) is 9.88 Å². The molecule has 3 aromatic carbocycles. The molecular formula is C29H29N3O5S. The molecule has 1 N–H and O–H groups in total. The normalized spacial score (nSPS) is 14.5. The summed E-state index contributed by atoms with van der Waals surface area (Å²) >= 11 is 0. The van der Waals surface area contributed by atoms with E-state index in [9.17, 15) is 18.3 Å². The average molecular weight is 532 g/mol. The third kappa shape index (κ3) is 5.34. The number of sulfone groups is 1. The van der Waals surface area contributed by atoms with Gasteiger partial charge in [0.2, 0.25) is 0 Å². The van der Waals surface area contributed by atoms with E-state index >= 15 is 0 Å². The van der Waals surface area contributed by atoms with Gasteiger partial charge in [0.05, 0.1) is 23.3 Å². The van der Waals surface area contributed by atoms with Gasteiger partial charge in [-0.05, 0) is 35.9 Å². The Balaban J connectivity index is 1.21. The Kier molecular flexibility index (Phi) is 7.31. The van der Waals surface area contributed by atoms with Crippen molar-refractivity contribution in [2.24, 2.45) is 0 Å². The molecule has 1 fully saturated rings. The molecule has 0 saturated carbocycles. The van der Waals surface area contributed by atoms with Crippen LogP contribution in [0.5, 0.6) is 11.5 Å². The van der Waals surface area contributed by atoms with Gasteiger partial charge in [-0.3, -0.25) is 14.7 Å². The molecule has 1 aliphatic heterocycles. The van der Waals surface area contributed by atoms with Crippen LogP contribution < -0.4 is 4.74 Å². The number of phenolic OH excluding ortho intramolecular Hbond substituents is 1. The maximum atomic E-state index is 13.2. The molecule has 1 amide bonds. The Labute approximate surface area is 222 Å². The highest BCUT2D eigenvalue weighted by Gasteiger charge is 2.24. The fourth-order valence-electron chi connectivity index (χ4n) is 4.76. The second-order valence-electron chi connectivity index (χ2n) is 9.32. The first-order valence-electron chi connectivity index (χ1n) is 12.4. The molecule has 38 heavy (non-hydrogen) atoms. The SMILES string of the molecule is COc1cccc(CN2CCN(C(=O)c3ccc(CS(=O)(=O)c4cccc5cccnc45)cc3)CC2)c1O. The lowest BCUT2D eigenvalue weighted by Crippen LogP contribution is -2.48. The van der Waals surface area contributed by atoms with Crippen molar-refractivity contribution >= 4 is 26.6 Å². The number of hydrogen-bond acceptors (Lipinski definition) is 7. The summed E-state index contributed by atoms with van der Waals surface area (Å²) in [5.74, 6) is 0.336. The summed E-state index contributed by atoms with van der Waals surface area (Å²) in [5.41, 5.74) is 2.38. The molecule has 5 rings (SSSR count). The Hall–Kier alpha value is -3.95. The molecule has 0 aliphatic carbocycles.